The molecule has 4 rings (SSSR count). The van der Waals surface area contributed by atoms with Gasteiger partial charge in [-0.05, 0) is 36.4 Å². The van der Waals surface area contributed by atoms with Crippen molar-refractivity contribution in [3.8, 4) is 5.75 Å². The Bertz CT molecular complexity index is 1320. The summed E-state index contributed by atoms with van der Waals surface area (Å²) in [4.78, 5) is 6.39. The van der Waals surface area contributed by atoms with Gasteiger partial charge in [-0.1, -0.05) is 68.1 Å². The molecule has 0 amide bonds. The predicted molar refractivity (Wildman–Crippen MR) is 142 cm³/mol. The van der Waals surface area contributed by atoms with E-state index in [2.05, 4.69) is 32.8 Å². The van der Waals surface area contributed by atoms with Crippen LogP contribution >= 0.6 is 0 Å². The first-order valence-electron chi connectivity index (χ1n) is 11.3. The van der Waals surface area contributed by atoms with Gasteiger partial charge in [-0.3, -0.25) is 4.98 Å². The maximum atomic E-state index is 12.8. The van der Waals surface area contributed by atoms with Gasteiger partial charge >= 0.3 is 0 Å². The second kappa shape index (κ2) is 12.4. The molecule has 4 aromatic rings. The summed E-state index contributed by atoms with van der Waals surface area (Å²) in [5.74, 6) is 0.880. The van der Waals surface area contributed by atoms with Gasteiger partial charge in [0.1, 0.15) is 12.4 Å². The fraction of sp³-hybridized carbons (Fsp3) is 0.250. The minimum atomic E-state index is -3.62. The van der Waals surface area contributed by atoms with E-state index in [9.17, 15) is 8.42 Å². The molecule has 0 saturated carbocycles. The first-order chi connectivity index (χ1) is 16.5. The second-order valence-electron chi connectivity index (χ2n) is 8.17. The van der Waals surface area contributed by atoms with E-state index < -0.39 is 10.0 Å². The zero-order valence-electron chi connectivity index (χ0n) is 19.2. The third kappa shape index (κ3) is 7.11. The van der Waals surface area contributed by atoms with Crippen LogP contribution in [0, 0.1) is 0 Å². The van der Waals surface area contributed by atoms with Gasteiger partial charge in [-0.25, -0.2) is 13.1 Å². The van der Waals surface area contributed by atoms with Gasteiger partial charge in [0.2, 0.25) is 10.0 Å². The highest BCUT2D eigenvalue weighted by Gasteiger charge is 2.17. The van der Waals surface area contributed by atoms with E-state index in [4.69, 9.17) is 4.74 Å². The Labute approximate surface area is 208 Å². The molecule has 0 fully saturated rings. The lowest BCUT2D eigenvalue weighted by molar-refractivity contribution is 0.238. The third-order valence-corrected chi connectivity index (χ3v) is 7.18. The Hall–Kier alpha value is -3.26. The highest BCUT2D eigenvalue weighted by atomic mass is 32.2. The summed E-state index contributed by atoms with van der Waals surface area (Å²) in [5, 5.41) is 1.47. The number of pyridine rings is 1. The van der Waals surface area contributed by atoms with Crippen LogP contribution in [0.15, 0.2) is 96.2 Å². The number of nitrogens with one attached hydrogen (secondary N) is 1. The highest BCUT2D eigenvalue weighted by Crippen LogP contribution is 2.22. The molecule has 7 heteroatoms. The standard InChI is InChI=1S/C27H29N3O3S.CH4/c1-30(17-16-29-34(31,32)27-13-7-11-24-21-28-15-14-25(24)27)18-19-33-26-12-6-5-10-23(26)20-22-8-3-2-4-9-22;/h2-15,21,29H,16-20H2,1H3;1H4. The number of nitrogens with zero attached hydrogens (tertiary/aromatic N) is 2. The van der Waals surface area contributed by atoms with Gasteiger partial charge in [-0.2, -0.15) is 0 Å². The lowest BCUT2D eigenvalue weighted by Crippen LogP contribution is -2.34. The average Bonchev–Trinajstić information content (AvgIpc) is 2.85. The van der Waals surface area contributed by atoms with Crippen molar-refractivity contribution in [3.63, 3.8) is 0 Å². The molecule has 184 valence electrons. The van der Waals surface area contributed by atoms with E-state index in [0.717, 1.165) is 23.1 Å². The topological polar surface area (TPSA) is 71.5 Å². The fourth-order valence-electron chi connectivity index (χ4n) is 3.81. The van der Waals surface area contributed by atoms with E-state index in [1.54, 1.807) is 30.6 Å². The smallest absolute Gasteiger partial charge is 0.241 e. The van der Waals surface area contributed by atoms with Crippen molar-refractivity contribution < 1.29 is 13.2 Å². The molecule has 1 heterocycles. The number of para-hydroxylation sites is 1. The summed E-state index contributed by atoms with van der Waals surface area (Å²) >= 11 is 0. The lowest BCUT2D eigenvalue weighted by atomic mass is 10.0. The van der Waals surface area contributed by atoms with Gasteiger partial charge in [0, 0.05) is 49.2 Å². The molecule has 0 aliphatic carbocycles. The second-order valence-corrected chi connectivity index (χ2v) is 9.91. The summed E-state index contributed by atoms with van der Waals surface area (Å²) in [7, 11) is -1.66. The van der Waals surface area contributed by atoms with Crippen molar-refractivity contribution in [2.75, 3.05) is 33.3 Å². The Kier molecular flexibility index (Phi) is 9.37. The number of hydrogen-bond acceptors (Lipinski definition) is 5. The van der Waals surface area contributed by atoms with Gasteiger partial charge < -0.3 is 9.64 Å². The molecular formula is C28H33N3O3S. The van der Waals surface area contributed by atoms with Gasteiger partial charge in [0.05, 0.1) is 4.90 Å². The summed E-state index contributed by atoms with van der Waals surface area (Å²) in [6.07, 6.45) is 4.09. The maximum Gasteiger partial charge on any atom is 0.241 e. The number of sulfonamides is 1. The number of ether oxygens (including phenoxy) is 1. The van der Waals surface area contributed by atoms with Gasteiger partial charge in [0.25, 0.3) is 0 Å². The van der Waals surface area contributed by atoms with Crippen LogP contribution in [0.4, 0.5) is 0 Å². The SMILES string of the molecule is C.CN(CCNS(=O)(=O)c1cccc2cnccc12)CCOc1ccccc1Cc1ccccc1. The number of benzene rings is 3. The van der Waals surface area contributed by atoms with Crippen LogP contribution in [0.3, 0.4) is 0 Å². The maximum absolute atomic E-state index is 12.8. The van der Waals surface area contributed by atoms with Crippen LogP contribution in [0.5, 0.6) is 5.75 Å². The molecule has 1 aromatic heterocycles. The van der Waals surface area contributed by atoms with E-state index in [1.807, 2.05) is 49.5 Å². The minimum Gasteiger partial charge on any atom is -0.492 e. The van der Waals surface area contributed by atoms with Crippen molar-refractivity contribution in [2.24, 2.45) is 0 Å². The Morgan fingerprint density at radius 1 is 0.914 bits per heavy atom. The molecule has 35 heavy (non-hydrogen) atoms. The molecule has 3 aromatic carbocycles. The van der Waals surface area contributed by atoms with Crippen molar-refractivity contribution in [1.29, 1.82) is 0 Å². The van der Waals surface area contributed by atoms with Crippen molar-refractivity contribution in [3.05, 3.63) is 102 Å². The number of hydrogen-bond donors (Lipinski definition) is 1. The Morgan fingerprint density at radius 3 is 2.51 bits per heavy atom. The first kappa shape index (κ1) is 26.3. The van der Waals surface area contributed by atoms with E-state index in [1.165, 1.54) is 5.56 Å². The van der Waals surface area contributed by atoms with Crippen molar-refractivity contribution >= 4 is 20.8 Å². The van der Waals surface area contributed by atoms with Crippen LogP contribution in [0.2, 0.25) is 0 Å². The fourth-order valence-corrected chi connectivity index (χ4v) is 5.05. The molecule has 0 aliphatic rings. The Morgan fingerprint density at radius 2 is 1.69 bits per heavy atom. The largest absolute Gasteiger partial charge is 0.492 e. The number of rotatable bonds is 11. The third-order valence-electron chi connectivity index (χ3n) is 5.66. The average molecular weight is 492 g/mol. The Balaban J connectivity index is 0.00000342. The normalized spacial score (nSPS) is 11.4. The molecule has 0 spiro atoms. The molecule has 0 atom stereocenters. The summed E-state index contributed by atoms with van der Waals surface area (Å²) in [6, 6.07) is 25.3. The van der Waals surface area contributed by atoms with Crippen LogP contribution in [0.1, 0.15) is 18.6 Å². The van der Waals surface area contributed by atoms with E-state index >= 15 is 0 Å². The monoisotopic (exact) mass is 491 g/mol. The van der Waals surface area contributed by atoms with Gasteiger partial charge in [-0.15, -0.1) is 0 Å². The predicted octanol–water partition coefficient (Wildman–Crippen LogP) is 4.75. The zero-order chi connectivity index (χ0) is 23.8. The van der Waals surface area contributed by atoms with Crippen LogP contribution in [0.25, 0.3) is 10.8 Å². The first-order valence-corrected chi connectivity index (χ1v) is 12.8. The van der Waals surface area contributed by atoms with Crippen LogP contribution in [-0.4, -0.2) is 51.6 Å². The molecule has 1 N–H and O–H groups in total. The zero-order valence-corrected chi connectivity index (χ0v) is 20.0. The summed E-state index contributed by atoms with van der Waals surface area (Å²) in [5.41, 5.74) is 2.39. The molecule has 6 nitrogen and oxygen atoms in total. The van der Waals surface area contributed by atoms with Crippen molar-refractivity contribution in [1.82, 2.24) is 14.6 Å². The molecule has 0 aliphatic heterocycles. The number of fused-ring (bicyclic) bond motifs is 1. The van der Waals surface area contributed by atoms with E-state index in [0.29, 0.717) is 31.6 Å². The van der Waals surface area contributed by atoms with Gasteiger partial charge in [0.15, 0.2) is 0 Å². The highest BCUT2D eigenvalue weighted by molar-refractivity contribution is 7.89. The van der Waals surface area contributed by atoms with E-state index in [-0.39, 0.29) is 12.3 Å². The van der Waals surface area contributed by atoms with Crippen molar-refractivity contribution in [2.45, 2.75) is 18.7 Å². The summed E-state index contributed by atoms with van der Waals surface area (Å²) in [6.45, 7) is 2.08. The lowest BCUT2D eigenvalue weighted by Gasteiger charge is -2.18. The molecule has 0 radical (unpaired) electrons. The van der Waals surface area contributed by atoms with Crippen LogP contribution < -0.4 is 9.46 Å². The summed E-state index contributed by atoms with van der Waals surface area (Å²) < 4.78 is 34.4. The quantitative estimate of drug-likeness (QED) is 0.328. The number of aromatic nitrogens is 1. The number of likely N-dealkylation sites (N-methyl/N-ethyl adjacent to an activating group) is 1. The molecule has 0 saturated heterocycles. The van der Waals surface area contributed by atoms with Crippen LogP contribution in [-0.2, 0) is 16.4 Å². The molecule has 0 unspecified atom stereocenters. The molecule has 0 bridgehead atoms. The molecular weight excluding hydrogens is 458 g/mol. The minimum absolute atomic E-state index is 0.